The monoisotopic (exact) mass is 428 g/mol. The van der Waals surface area contributed by atoms with Crippen LogP contribution in [0, 0.1) is 5.92 Å². The Bertz CT molecular complexity index is 822. The first-order valence-corrected chi connectivity index (χ1v) is 11.1. The highest BCUT2D eigenvalue weighted by Gasteiger charge is 2.32. The number of ether oxygens (including phenoxy) is 1. The van der Waals surface area contributed by atoms with Gasteiger partial charge in [-0.2, -0.15) is 0 Å². The van der Waals surface area contributed by atoms with Crippen LogP contribution in [0.2, 0.25) is 0 Å². The first-order valence-electron chi connectivity index (χ1n) is 11.1. The molecule has 3 rings (SSSR count). The van der Waals surface area contributed by atoms with Gasteiger partial charge in [0.2, 0.25) is 11.8 Å². The molecule has 31 heavy (non-hydrogen) atoms. The molecule has 2 N–H and O–H groups in total. The SMILES string of the molecule is CC1CNC(=O)C(CC(=O)N2Cc3ccccc3CC2CO)CC=CCCCC(=O)O1. The summed E-state index contributed by atoms with van der Waals surface area (Å²) in [5, 5.41) is 12.7. The van der Waals surface area contributed by atoms with E-state index in [-0.39, 0.29) is 43.4 Å². The molecule has 1 aromatic rings. The van der Waals surface area contributed by atoms with Gasteiger partial charge in [0.1, 0.15) is 6.10 Å². The highest BCUT2D eigenvalue weighted by molar-refractivity contribution is 5.86. The number of carbonyl (C=O) groups excluding carboxylic acids is 3. The first-order chi connectivity index (χ1) is 15.0. The molecule has 2 aliphatic rings. The minimum atomic E-state index is -0.510. The fourth-order valence-corrected chi connectivity index (χ4v) is 4.11. The third kappa shape index (κ3) is 6.40. The van der Waals surface area contributed by atoms with E-state index in [9.17, 15) is 19.5 Å². The third-order valence-electron chi connectivity index (χ3n) is 5.91. The highest BCUT2D eigenvalue weighted by Crippen LogP contribution is 2.25. The average molecular weight is 429 g/mol. The van der Waals surface area contributed by atoms with Crippen LogP contribution in [0.4, 0.5) is 0 Å². The van der Waals surface area contributed by atoms with Crippen LogP contribution in [0.5, 0.6) is 0 Å². The van der Waals surface area contributed by atoms with E-state index in [1.807, 2.05) is 36.4 Å². The van der Waals surface area contributed by atoms with Crippen molar-refractivity contribution < 1.29 is 24.2 Å². The summed E-state index contributed by atoms with van der Waals surface area (Å²) in [6.07, 6.45) is 6.35. The molecule has 3 atom stereocenters. The van der Waals surface area contributed by atoms with Gasteiger partial charge in [0.15, 0.2) is 0 Å². The van der Waals surface area contributed by atoms with Crippen LogP contribution in [0.25, 0.3) is 0 Å². The minimum Gasteiger partial charge on any atom is -0.461 e. The van der Waals surface area contributed by atoms with Crippen LogP contribution >= 0.6 is 0 Å². The maximum atomic E-state index is 13.2. The number of esters is 1. The summed E-state index contributed by atoms with van der Waals surface area (Å²) in [7, 11) is 0. The molecule has 7 nitrogen and oxygen atoms in total. The zero-order valence-electron chi connectivity index (χ0n) is 18.1. The molecule has 1 aromatic carbocycles. The van der Waals surface area contributed by atoms with E-state index in [1.54, 1.807) is 11.8 Å². The Kier molecular flexibility index (Phi) is 8.23. The lowest BCUT2D eigenvalue weighted by molar-refractivity contribution is -0.148. The van der Waals surface area contributed by atoms with Crippen molar-refractivity contribution in [2.24, 2.45) is 5.92 Å². The molecule has 0 bridgehead atoms. The average Bonchev–Trinajstić information content (AvgIpc) is 2.78. The second-order valence-electron chi connectivity index (χ2n) is 8.38. The predicted octanol–water partition coefficient (Wildman–Crippen LogP) is 2.12. The topological polar surface area (TPSA) is 95.9 Å². The van der Waals surface area contributed by atoms with Gasteiger partial charge < -0.3 is 20.1 Å². The Morgan fingerprint density at radius 1 is 1.23 bits per heavy atom. The van der Waals surface area contributed by atoms with Crippen LogP contribution in [-0.2, 0) is 32.1 Å². The lowest BCUT2D eigenvalue weighted by Crippen LogP contribution is -2.47. The number of amides is 2. The maximum absolute atomic E-state index is 13.2. The van der Waals surface area contributed by atoms with Crippen LogP contribution in [0.3, 0.4) is 0 Å². The molecule has 0 fully saturated rings. The molecule has 0 spiro atoms. The Morgan fingerprint density at radius 3 is 2.77 bits per heavy atom. The largest absolute Gasteiger partial charge is 0.461 e. The number of rotatable bonds is 3. The van der Waals surface area contributed by atoms with Crippen molar-refractivity contribution in [2.75, 3.05) is 13.2 Å². The lowest BCUT2D eigenvalue weighted by atomic mass is 9.92. The van der Waals surface area contributed by atoms with Gasteiger partial charge in [-0.05, 0) is 43.7 Å². The van der Waals surface area contributed by atoms with E-state index in [0.29, 0.717) is 32.2 Å². The number of nitrogens with one attached hydrogen (secondary N) is 1. The Labute approximate surface area is 183 Å². The second kappa shape index (κ2) is 11.1. The van der Waals surface area contributed by atoms with Crippen molar-refractivity contribution in [3.63, 3.8) is 0 Å². The van der Waals surface area contributed by atoms with E-state index < -0.39 is 12.0 Å². The number of hydrogen-bond acceptors (Lipinski definition) is 5. The van der Waals surface area contributed by atoms with Crippen LogP contribution in [-0.4, -0.2) is 53.1 Å². The van der Waals surface area contributed by atoms with E-state index in [2.05, 4.69) is 5.32 Å². The number of aliphatic hydroxyl groups excluding tert-OH is 1. The molecule has 0 saturated carbocycles. The number of nitrogens with zero attached hydrogens (tertiary/aromatic N) is 1. The van der Waals surface area contributed by atoms with E-state index in [4.69, 9.17) is 4.74 Å². The van der Waals surface area contributed by atoms with Crippen molar-refractivity contribution in [1.82, 2.24) is 10.2 Å². The van der Waals surface area contributed by atoms with E-state index >= 15 is 0 Å². The number of fused-ring (bicyclic) bond motifs is 1. The van der Waals surface area contributed by atoms with Gasteiger partial charge in [-0.3, -0.25) is 14.4 Å². The summed E-state index contributed by atoms with van der Waals surface area (Å²) >= 11 is 0. The zero-order chi connectivity index (χ0) is 22.2. The van der Waals surface area contributed by atoms with Crippen molar-refractivity contribution in [2.45, 2.75) is 64.1 Å². The van der Waals surface area contributed by atoms with Gasteiger partial charge in [-0.25, -0.2) is 0 Å². The van der Waals surface area contributed by atoms with Crippen LogP contribution in [0.15, 0.2) is 36.4 Å². The minimum absolute atomic E-state index is 0.0724. The Hall–Kier alpha value is -2.67. The zero-order valence-corrected chi connectivity index (χ0v) is 18.1. The first kappa shape index (κ1) is 23.0. The van der Waals surface area contributed by atoms with Gasteiger partial charge in [0.05, 0.1) is 25.1 Å². The van der Waals surface area contributed by atoms with Crippen LogP contribution < -0.4 is 5.32 Å². The van der Waals surface area contributed by atoms with Gasteiger partial charge in [-0.15, -0.1) is 0 Å². The van der Waals surface area contributed by atoms with Gasteiger partial charge >= 0.3 is 5.97 Å². The molecule has 2 amide bonds. The predicted molar refractivity (Wildman–Crippen MR) is 116 cm³/mol. The summed E-state index contributed by atoms with van der Waals surface area (Å²) in [5.74, 6) is -1.13. The summed E-state index contributed by atoms with van der Waals surface area (Å²) in [5.41, 5.74) is 2.23. The fourth-order valence-electron chi connectivity index (χ4n) is 4.11. The second-order valence-corrected chi connectivity index (χ2v) is 8.38. The van der Waals surface area contributed by atoms with E-state index in [0.717, 1.165) is 17.5 Å². The number of cyclic esters (lactones) is 1. The molecule has 0 saturated heterocycles. The lowest BCUT2D eigenvalue weighted by Gasteiger charge is -2.36. The molecular formula is C24H32N2O5. The normalized spacial score (nSPS) is 25.4. The van der Waals surface area contributed by atoms with Crippen molar-refractivity contribution in [3.05, 3.63) is 47.5 Å². The summed E-state index contributed by atoms with van der Waals surface area (Å²) in [6.45, 7) is 2.29. The third-order valence-corrected chi connectivity index (χ3v) is 5.91. The molecule has 0 aromatic heterocycles. The Balaban J connectivity index is 1.69. The highest BCUT2D eigenvalue weighted by atomic mass is 16.5. The van der Waals surface area contributed by atoms with Gasteiger partial charge in [0.25, 0.3) is 0 Å². The summed E-state index contributed by atoms with van der Waals surface area (Å²) < 4.78 is 5.30. The molecule has 3 unspecified atom stereocenters. The number of allylic oxidation sites excluding steroid dienone is 2. The molecule has 0 radical (unpaired) electrons. The van der Waals surface area contributed by atoms with Crippen molar-refractivity contribution in [1.29, 1.82) is 0 Å². The van der Waals surface area contributed by atoms with Crippen molar-refractivity contribution in [3.8, 4) is 0 Å². The van der Waals surface area contributed by atoms with Crippen molar-refractivity contribution >= 4 is 17.8 Å². The number of aliphatic hydroxyl groups is 1. The molecule has 0 aliphatic carbocycles. The van der Waals surface area contributed by atoms with Gasteiger partial charge in [-0.1, -0.05) is 36.4 Å². The summed E-state index contributed by atoms with van der Waals surface area (Å²) in [4.78, 5) is 39.5. The quantitative estimate of drug-likeness (QED) is 0.568. The standard InChI is InChI=1S/C24H32N2O5/c1-17-14-25-24(30)19(9-4-2-3-5-11-23(29)31-17)13-22(28)26-15-20-10-7-6-8-18(20)12-21(26)16-27/h2,4,6-8,10,17,19,21,27H,3,5,9,11-16H2,1H3,(H,25,30). The summed E-state index contributed by atoms with van der Waals surface area (Å²) in [6, 6.07) is 7.66. The number of carbonyl (C=O) groups is 3. The Morgan fingerprint density at radius 2 is 2.00 bits per heavy atom. The molecule has 2 heterocycles. The van der Waals surface area contributed by atoms with Crippen LogP contribution in [0.1, 0.15) is 50.2 Å². The number of benzene rings is 1. The fraction of sp³-hybridized carbons (Fsp3) is 0.542. The van der Waals surface area contributed by atoms with Gasteiger partial charge in [0, 0.05) is 19.4 Å². The molecule has 168 valence electrons. The molecule has 2 aliphatic heterocycles. The maximum Gasteiger partial charge on any atom is 0.306 e. The number of hydrogen-bond donors (Lipinski definition) is 2. The molecule has 7 heteroatoms. The molecular weight excluding hydrogens is 396 g/mol. The smallest absolute Gasteiger partial charge is 0.306 e. The van der Waals surface area contributed by atoms with E-state index in [1.165, 1.54) is 0 Å².